The molecule has 1 heterocycles. The molecule has 6 nitrogen and oxygen atoms in total. The maximum absolute atomic E-state index is 12.5. The lowest BCUT2D eigenvalue weighted by atomic mass is 10.1. The van der Waals surface area contributed by atoms with Gasteiger partial charge in [-0.15, -0.1) is 4.91 Å². The molecule has 0 spiro atoms. The lowest BCUT2D eigenvalue weighted by Crippen LogP contribution is -2.13. The van der Waals surface area contributed by atoms with E-state index in [4.69, 9.17) is 4.74 Å². The van der Waals surface area contributed by atoms with E-state index in [1.807, 2.05) is 0 Å². The number of ether oxygens (including phenoxy) is 1. The minimum Gasteiger partial charge on any atom is -0.488 e. The summed E-state index contributed by atoms with van der Waals surface area (Å²) in [4.78, 5) is 27.3. The molecule has 0 radical (unpaired) electrons. The van der Waals surface area contributed by atoms with Gasteiger partial charge in [-0.1, -0.05) is 30.3 Å². The molecule has 3 rings (SSSR count). The first-order valence-electron chi connectivity index (χ1n) is 7.62. The molecule has 1 amide bonds. The molecule has 0 aliphatic carbocycles. The third-order valence-electron chi connectivity index (χ3n) is 3.52. The number of para-hydroxylation sites is 1. The van der Waals surface area contributed by atoms with Crippen LogP contribution in [0.5, 0.6) is 5.75 Å². The third kappa shape index (κ3) is 4.06. The topological polar surface area (TPSA) is 80.6 Å². The first-order chi connectivity index (χ1) is 12.3. The average molecular weight is 333 g/mol. The predicted molar refractivity (Wildman–Crippen MR) is 94.9 cm³/mol. The number of pyridine rings is 1. The highest BCUT2D eigenvalue weighted by atomic mass is 16.5. The fourth-order valence-electron chi connectivity index (χ4n) is 2.29. The summed E-state index contributed by atoms with van der Waals surface area (Å²) >= 11 is 0. The van der Waals surface area contributed by atoms with Crippen molar-refractivity contribution in [2.24, 2.45) is 5.18 Å². The molecule has 124 valence electrons. The largest absolute Gasteiger partial charge is 0.488 e. The minimum absolute atomic E-state index is 0.138. The van der Waals surface area contributed by atoms with E-state index in [1.54, 1.807) is 73.1 Å². The number of carbonyl (C=O) groups excluding carboxylic acids is 1. The number of rotatable bonds is 6. The highest BCUT2D eigenvalue weighted by molar-refractivity contribution is 6.06. The van der Waals surface area contributed by atoms with Crippen molar-refractivity contribution in [3.63, 3.8) is 0 Å². The number of hydrogen-bond donors (Lipinski definition) is 1. The second-order valence-electron chi connectivity index (χ2n) is 5.20. The Morgan fingerprint density at radius 3 is 2.64 bits per heavy atom. The first-order valence-corrected chi connectivity index (χ1v) is 7.62. The number of nitrogens with one attached hydrogen (secondary N) is 1. The number of hydrogen-bond acceptors (Lipinski definition) is 5. The Labute approximate surface area is 144 Å². The third-order valence-corrected chi connectivity index (χ3v) is 3.52. The molecule has 0 bridgehead atoms. The van der Waals surface area contributed by atoms with Crippen molar-refractivity contribution in [2.45, 2.75) is 6.61 Å². The minimum atomic E-state index is -0.301. The van der Waals surface area contributed by atoms with Crippen LogP contribution < -0.4 is 10.1 Å². The summed E-state index contributed by atoms with van der Waals surface area (Å²) in [7, 11) is 0. The molecule has 25 heavy (non-hydrogen) atoms. The number of carbonyl (C=O) groups is 1. The Balaban J connectivity index is 1.77. The van der Waals surface area contributed by atoms with Gasteiger partial charge in [0.25, 0.3) is 5.91 Å². The van der Waals surface area contributed by atoms with Gasteiger partial charge in [-0.3, -0.25) is 9.78 Å². The molecule has 3 aromatic rings. The van der Waals surface area contributed by atoms with Gasteiger partial charge in [0.2, 0.25) is 0 Å². The van der Waals surface area contributed by atoms with E-state index < -0.39 is 0 Å². The van der Waals surface area contributed by atoms with Crippen molar-refractivity contribution < 1.29 is 9.53 Å². The Morgan fingerprint density at radius 1 is 1.04 bits per heavy atom. The molecular formula is C19H15N3O3. The van der Waals surface area contributed by atoms with Gasteiger partial charge in [-0.05, 0) is 35.5 Å². The number of nitrogens with zero attached hydrogens (tertiary/aromatic N) is 2. The maximum Gasteiger partial charge on any atom is 0.259 e. The summed E-state index contributed by atoms with van der Waals surface area (Å²) in [6.07, 6.45) is 3.19. The Hall–Kier alpha value is -3.54. The highest BCUT2D eigenvalue weighted by Gasteiger charge is 2.13. The van der Waals surface area contributed by atoms with E-state index in [2.05, 4.69) is 15.5 Å². The maximum atomic E-state index is 12.5. The van der Waals surface area contributed by atoms with Crippen molar-refractivity contribution >= 4 is 17.3 Å². The molecular weight excluding hydrogens is 318 g/mol. The monoisotopic (exact) mass is 333 g/mol. The number of amides is 1. The molecule has 6 heteroatoms. The fourth-order valence-corrected chi connectivity index (χ4v) is 2.29. The van der Waals surface area contributed by atoms with Crippen LogP contribution in [0.4, 0.5) is 11.4 Å². The number of benzene rings is 2. The molecule has 1 aromatic heterocycles. The summed E-state index contributed by atoms with van der Waals surface area (Å²) in [6, 6.07) is 17.3. The van der Waals surface area contributed by atoms with Gasteiger partial charge in [-0.2, -0.15) is 0 Å². The van der Waals surface area contributed by atoms with Crippen LogP contribution in [0.2, 0.25) is 0 Å². The molecule has 0 saturated carbocycles. The lowest BCUT2D eigenvalue weighted by Gasteiger charge is -2.12. The van der Waals surface area contributed by atoms with Crippen LogP contribution in [0.15, 0.2) is 78.2 Å². The van der Waals surface area contributed by atoms with Crippen molar-refractivity contribution in [2.75, 3.05) is 5.32 Å². The van der Waals surface area contributed by atoms with Crippen molar-refractivity contribution in [1.29, 1.82) is 0 Å². The van der Waals surface area contributed by atoms with Gasteiger partial charge in [0, 0.05) is 11.8 Å². The Morgan fingerprint density at radius 2 is 1.84 bits per heavy atom. The first kappa shape index (κ1) is 16.3. The zero-order valence-corrected chi connectivity index (χ0v) is 13.3. The molecule has 1 N–H and O–H groups in total. The summed E-state index contributed by atoms with van der Waals surface area (Å²) in [5, 5.41) is 5.75. The Kier molecular flexibility index (Phi) is 5.11. The van der Waals surface area contributed by atoms with Gasteiger partial charge in [0.05, 0.1) is 17.4 Å². The predicted octanol–water partition coefficient (Wildman–Crippen LogP) is 4.31. The zero-order chi connectivity index (χ0) is 17.5. The van der Waals surface area contributed by atoms with Gasteiger partial charge in [0.15, 0.2) is 0 Å². The van der Waals surface area contributed by atoms with Crippen LogP contribution in [0.25, 0.3) is 0 Å². The standard InChI is InChI=1S/C19H15N3O3/c23-19(21-15-7-5-11-20-12-15)16-8-2-4-10-18(16)25-13-14-6-1-3-9-17(14)22-24/h1-12H,13H2,(H,21,23). The average Bonchev–Trinajstić information content (AvgIpc) is 2.67. The molecule has 0 saturated heterocycles. The highest BCUT2D eigenvalue weighted by Crippen LogP contribution is 2.24. The number of anilines is 1. The second kappa shape index (κ2) is 7.83. The summed E-state index contributed by atoms with van der Waals surface area (Å²) in [5.41, 5.74) is 1.96. The van der Waals surface area contributed by atoms with Crippen molar-refractivity contribution in [1.82, 2.24) is 4.98 Å². The van der Waals surface area contributed by atoms with Gasteiger partial charge in [-0.25, -0.2) is 0 Å². The molecule has 0 aliphatic heterocycles. The molecule has 0 unspecified atom stereocenters. The molecule has 2 aromatic carbocycles. The van der Waals surface area contributed by atoms with Crippen LogP contribution in [-0.4, -0.2) is 10.9 Å². The number of aromatic nitrogens is 1. The van der Waals surface area contributed by atoms with Crippen LogP contribution in [0.3, 0.4) is 0 Å². The van der Waals surface area contributed by atoms with Crippen LogP contribution >= 0.6 is 0 Å². The van der Waals surface area contributed by atoms with Crippen LogP contribution in [0.1, 0.15) is 15.9 Å². The SMILES string of the molecule is O=Nc1ccccc1COc1ccccc1C(=O)Nc1cccnc1. The smallest absolute Gasteiger partial charge is 0.259 e. The van der Waals surface area contributed by atoms with Gasteiger partial charge < -0.3 is 10.1 Å². The quantitative estimate of drug-likeness (QED) is 0.682. The molecule has 0 atom stereocenters. The van der Waals surface area contributed by atoms with Gasteiger partial charge in [0.1, 0.15) is 18.0 Å². The lowest BCUT2D eigenvalue weighted by molar-refractivity contribution is 0.102. The summed E-state index contributed by atoms with van der Waals surface area (Å²) in [5.74, 6) is 0.120. The van der Waals surface area contributed by atoms with E-state index in [0.717, 1.165) is 0 Å². The van der Waals surface area contributed by atoms with Gasteiger partial charge >= 0.3 is 0 Å². The summed E-state index contributed by atoms with van der Waals surface area (Å²) in [6.45, 7) is 0.138. The van der Waals surface area contributed by atoms with Crippen LogP contribution in [-0.2, 0) is 6.61 Å². The fraction of sp³-hybridized carbons (Fsp3) is 0.0526. The number of nitroso groups, excluding NO2 is 1. The van der Waals surface area contributed by atoms with E-state index in [9.17, 15) is 9.70 Å². The molecule has 0 fully saturated rings. The van der Waals surface area contributed by atoms with E-state index >= 15 is 0 Å². The zero-order valence-electron chi connectivity index (χ0n) is 13.3. The summed E-state index contributed by atoms with van der Waals surface area (Å²) < 4.78 is 5.75. The molecule has 0 aliphatic rings. The van der Waals surface area contributed by atoms with Crippen LogP contribution in [0, 0.1) is 4.91 Å². The van der Waals surface area contributed by atoms with E-state index in [0.29, 0.717) is 28.3 Å². The van der Waals surface area contributed by atoms with Crippen molar-refractivity contribution in [3.8, 4) is 5.75 Å². The Bertz CT molecular complexity index is 882. The van der Waals surface area contributed by atoms with E-state index in [1.165, 1.54) is 0 Å². The normalized spacial score (nSPS) is 10.1. The second-order valence-corrected chi connectivity index (χ2v) is 5.20. The van der Waals surface area contributed by atoms with E-state index in [-0.39, 0.29) is 12.5 Å². The van der Waals surface area contributed by atoms with Crippen molar-refractivity contribution in [3.05, 3.63) is 89.1 Å².